The first-order valence-electron chi connectivity index (χ1n) is 3.91. The number of carboxylic acid groups (broad SMARTS) is 1. The first-order chi connectivity index (χ1) is 6.56. The number of hydrogen-bond acceptors (Lipinski definition) is 2. The van der Waals surface area contributed by atoms with Crippen molar-refractivity contribution in [3.05, 3.63) is 28.5 Å². The van der Waals surface area contributed by atoms with Gasteiger partial charge in [0.15, 0.2) is 0 Å². The molecule has 76 valence electrons. The van der Waals surface area contributed by atoms with Crippen molar-refractivity contribution in [3.8, 4) is 5.75 Å². The highest BCUT2D eigenvalue weighted by atomic mass is 35.5. The Balaban J connectivity index is 3.20. The van der Waals surface area contributed by atoms with Crippen LogP contribution in [-0.4, -0.2) is 17.7 Å². The van der Waals surface area contributed by atoms with Crippen LogP contribution in [-0.2, 0) is 0 Å². The molecule has 0 amide bonds. The van der Waals surface area contributed by atoms with Gasteiger partial charge in [-0.05, 0) is 19.1 Å². The van der Waals surface area contributed by atoms with E-state index in [4.69, 9.17) is 21.4 Å². The van der Waals surface area contributed by atoms with Gasteiger partial charge >= 0.3 is 5.97 Å². The molecule has 0 atom stereocenters. The topological polar surface area (TPSA) is 46.5 Å². The van der Waals surface area contributed by atoms with Gasteiger partial charge in [-0.3, -0.25) is 0 Å². The Bertz CT molecular complexity index is 365. The lowest BCUT2D eigenvalue weighted by Gasteiger charge is -2.06. The number of carboxylic acids is 1. The molecule has 0 spiro atoms. The molecular weight excluding hydrogens is 211 g/mol. The molecule has 0 heterocycles. The van der Waals surface area contributed by atoms with Gasteiger partial charge in [-0.2, -0.15) is 0 Å². The summed E-state index contributed by atoms with van der Waals surface area (Å²) in [7, 11) is 0. The zero-order chi connectivity index (χ0) is 10.7. The standard InChI is InChI=1S/C9H8ClFO3/c1-2-14-8-3-5(9(12)13)7(11)4-6(8)10/h3-4H,2H2,1H3,(H,12,13). The molecule has 0 aliphatic rings. The second kappa shape index (κ2) is 4.28. The number of rotatable bonds is 3. The zero-order valence-corrected chi connectivity index (χ0v) is 8.14. The third-order valence-electron chi connectivity index (χ3n) is 1.55. The van der Waals surface area contributed by atoms with Gasteiger partial charge in [0.2, 0.25) is 0 Å². The van der Waals surface area contributed by atoms with Crippen LogP contribution in [0.2, 0.25) is 5.02 Å². The predicted molar refractivity (Wildman–Crippen MR) is 49.5 cm³/mol. The fourth-order valence-electron chi connectivity index (χ4n) is 0.959. The second-order valence-electron chi connectivity index (χ2n) is 2.50. The van der Waals surface area contributed by atoms with Crippen LogP contribution >= 0.6 is 11.6 Å². The van der Waals surface area contributed by atoms with Crippen molar-refractivity contribution in [3.63, 3.8) is 0 Å². The van der Waals surface area contributed by atoms with Crippen LogP contribution in [0.4, 0.5) is 4.39 Å². The van der Waals surface area contributed by atoms with Gasteiger partial charge in [-0.15, -0.1) is 0 Å². The summed E-state index contributed by atoms with van der Waals surface area (Å²) in [5.74, 6) is -2.04. The normalized spacial score (nSPS) is 9.93. The molecule has 0 aliphatic carbocycles. The van der Waals surface area contributed by atoms with Gasteiger partial charge in [0.25, 0.3) is 0 Å². The number of benzene rings is 1. The fraction of sp³-hybridized carbons (Fsp3) is 0.222. The highest BCUT2D eigenvalue weighted by Gasteiger charge is 2.14. The minimum absolute atomic E-state index is 0.0642. The Morgan fingerprint density at radius 3 is 2.79 bits per heavy atom. The molecule has 1 N–H and O–H groups in total. The van der Waals surface area contributed by atoms with E-state index in [-0.39, 0.29) is 10.8 Å². The minimum atomic E-state index is -1.35. The van der Waals surface area contributed by atoms with E-state index < -0.39 is 17.3 Å². The fourth-order valence-corrected chi connectivity index (χ4v) is 1.16. The van der Waals surface area contributed by atoms with Crippen LogP contribution in [0.25, 0.3) is 0 Å². The number of halogens is 2. The van der Waals surface area contributed by atoms with E-state index in [1.54, 1.807) is 6.92 Å². The number of carbonyl (C=O) groups is 1. The SMILES string of the molecule is CCOc1cc(C(=O)O)c(F)cc1Cl. The molecule has 0 bridgehead atoms. The minimum Gasteiger partial charge on any atom is -0.492 e. The molecule has 0 fully saturated rings. The van der Waals surface area contributed by atoms with E-state index >= 15 is 0 Å². The van der Waals surface area contributed by atoms with Crippen molar-refractivity contribution in [1.29, 1.82) is 0 Å². The summed E-state index contributed by atoms with van der Waals surface area (Å²) in [5.41, 5.74) is -0.446. The van der Waals surface area contributed by atoms with Gasteiger partial charge < -0.3 is 9.84 Å². The van der Waals surface area contributed by atoms with Crippen LogP contribution in [0.15, 0.2) is 12.1 Å². The van der Waals surface area contributed by atoms with Crippen LogP contribution < -0.4 is 4.74 Å². The molecule has 1 aromatic rings. The number of aromatic carboxylic acids is 1. The lowest BCUT2D eigenvalue weighted by Crippen LogP contribution is -2.02. The molecule has 14 heavy (non-hydrogen) atoms. The van der Waals surface area contributed by atoms with Crippen molar-refractivity contribution in [2.45, 2.75) is 6.92 Å². The monoisotopic (exact) mass is 218 g/mol. The average molecular weight is 219 g/mol. The van der Waals surface area contributed by atoms with Crippen molar-refractivity contribution >= 4 is 17.6 Å². The van der Waals surface area contributed by atoms with Gasteiger partial charge in [-0.1, -0.05) is 11.6 Å². The van der Waals surface area contributed by atoms with Gasteiger partial charge in [0.1, 0.15) is 11.6 Å². The zero-order valence-electron chi connectivity index (χ0n) is 7.38. The Labute approximate surface area is 85.1 Å². The van der Waals surface area contributed by atoms with E-state index in [2.05, 4.69) is 0 Å². The lowest BCUT2D eigenvalue weighted by atomic mass is 10.2. The maximum atomic E-state index is 13.0. The van der Waals surface area contributed by atoms with E-state index in [9.17, 15) is 9.18 Å². The quantitative estimate of drug-likeness (QED) is 0.848. The largest absolute Gasteiger partial charge is 0.492 e. The summed E-state index contributed by atoms with van der Waals surface area (Å²) >= 11 is 5.63. The summed E-state index contributed by atoms with van der Waals surface area (Å²) < 4.78 is 18.0. The molecule has 1 rings (SSSR count). The maximum absolute atomic E-state index is 13.0. The summed E-state index contributed by atoms with van der Waals surface area (Å²) in [6.45, 7) is 2.06. The van der Waals surface area contributed by atoms with Gasteiger partial charge in [0, 0.05) is 0 Å². The molecule has 0 aromatic heterocycles. The third kappa shape index (κ3) is 2.14. The highest BCUT2D eigenvalue weighted by Crippen LogP contribution is 2.27. The summed E-state index contributed by atoms with van der Waals surface area (Å²) in [5, 5.41) is 8.67. The summed E-state index contributed by atoms with van der Waals surface area (Å²) in [6.07, 6.45) is 0. The summed E-state index contributed by atoms with van der Waals surface area (Å²) in [6, 6.07) is 2.00. The molecule has 0 unspecified atom stereocenters. The smallest absolute Gasteiger partial charge is 0.338 e. The maximum Gasteiger partial charge on any atom is 0.338 e. The van der Waals surface area contributed by atoms with Crippen molar-refractivity contribution < 1.29 is 19.0 Å². The van der Waals surface area contributed by atoms with Gasteiger partial charge in [0.05, 0.1) is 17.2 Å². The average Bonchev–Trinajstić information content (AvgIpc) is 2.09. The Hall–Kier alpha value is -1.29. The third-order valence-corrected chi connectivity index (χ3v) is 1.85. The van der Waals surface area contributed by atoms with Crippen LogP contribution in [0.5, 0.6) is 5.75 Å². The summed E-state index contributed by atoms with van der Waals surface area (Å²) in [4.78, 5) is 10.6. The molecule has 0 aliphatic heterocycles. The Kier molecular flexibility index (Phi) is 3.30. The first kappa shape index (κ1) is 10.8. The Morgan fingerprint density at radius 2 is 2.29 bits per heavy atom. The van der Waals surface area contributed by atoms with E-state index in [0.29, 0.717) is 6.61 Å². The molecule has 0 saturated carbocycles. The molecule has 0 radical (unpaired) electrons. The van der Waals surface area contributed by atoms with Gasteiger partial charge in [-0.25, -0.2) is 9.18 Å². The molecule has 1 aromatic carbocycles. The highest BCUT2D eigenvalue weighted by molar-refractivity contribution is 6.32. The molecule has 3 nitrogen and oxygen atoms in total. The van der Waals surface area contributed by atoms with Crippen molar-refractivity contribution in [1.82, 2.24) is 0 Å². The Morgan fingerprint density at radius 1 is 1.64 bits per heavy atom. The lowest BCUT2D eigenvalue weighted by molar-refractivity contribution is 0.0691. The number of ether oxygens (including phenoxy) is 1. The second-order valence-corrected chi connectivity index (χ2v) is 2.91. The predicted octanol–water partition coefficient (Wildman–Crippen LogP) is 2.58. The van der Waals surface area contributed by atoms with Crippen LogP contribution in [0.3, 0.4) is 0 Å². The van der Waals surface area contributed by atoms with E-state index in [0.717, 1.165) is 12.1 Å². The van der Waals surface area contributed by atoms with Crippen molar-refractivity contribution in [2.75, 3.05) is 6.61 Å². The molecule has 0 saturated heterocycles. The van der Waals surface area contributed by atoms with E-state index in [1.807, 2.05) is 0 Å². The number of hydrogen-bond donors (Lipinski definition) is 1. The van der Waals surface area contributed by atoms with Crippen LogP contribution in [0, 0.1) is 5.82 Å². The first-order valence-corrected chi connectivity index (χ1v) is 4.29. The van der Waals surface area contributed by atoms with Crippen molar-refractivity contribution in [2.24, 2.45) is 0 Å². The molecule has 5 heteroatoms. The molecular formula is C9H8ClFO3. The van der Waals surface area contributed by atoms with E-state index in [1.165, 1.54) is 0 Å². The van der Waals surface area contributed by atoms with Crippen LogP contribution in [0.1, 0.15) is 17.3 Å².